The minimum atomic E-state index is -0.0967. The summed E-state index contributed by atoms with van der Waals surface area (Å²) in [6.07, 6.45) is 2.32. The summed E-state index contributed by atoms with van der Waals surface area (Å²) in [5.74, 6) is 1.58. The average molecular weight is 299 g/mol. The molecule has 104 valence electrons. The molecule has 0 bridgehead atoms. The number of benzene rings is 1. The molecule has 0 radical (unpaired) electrons. The number of imidazole rings is 1. The van der Waals surface area contributed by atoms with Crippen LogP contribution in [0.15, 0.2) is 18.2 Å². The Morgan fingerprint density at radius 3 is 2.53 bits per heavy atom. The molecule has 1 aromatic carbocycles. The van der Waals surface area contributed by atoms with Crippen molar-refractivity contribution in [3.8, 4) is 0 Å². The van der Waals surface area contributed by atoms with Crippen LogP contribution in [0.3, 0.4) is 0 Å². The molecule has 1 unspecified atom stereocenters. The van der Waals surface area contributed by atoms with Crippen LogP contribution in [0.5, 0.6) is 0 Å². The van der Waals surface area contributed by atoms with Gasteiger partial charge in [-0.3, -0.25) is 0 Å². The third-order valence-electron chi connectivity index (χ3n) is 3.69. The Kier molecular flexibility index (Phi) is 4.75. The molecule has 0 aliphatic carbocycles. The normalized spacial score (nSPS) is 13.4. The van der Waals surface area contributed by atoms with E-state index in [4.69, 9.17) is 23.2 Å². The summed E-state index contributed by atoms with van der Waals surface area (Å²) in [4.78, 5) is 4.65. The molecule has 0 aliphatic rings. The molecule has 1 atom stereocenters. The minimum Gasteiger partial charge on any atom is -0.326 e. The Labute approximate surface area is 124 Å². The summed E-state index contributed by atoms with van der Waals surface area (Å²) in [6, 6.07) is 5.82. The van der Waals surface area contributed by atoms with Gasteiger partial charge in [-0.2, -0.15) is 0 Å². The van der Waals surface area contributed by atoms with Crippen molar-refractivity contribution in [2.45, 2.75) is 45.5 Å². The van der Waals surface area contributed by atoms with Gasteiger partial charge in [0.2, 0.25) is 0 Å². The molecule has 2 nitrogen and oxygen atoms in total. The van der Waals surface area contributed by atoms with E-state index in [-0.39, 0.29) is 5.38 Å². The van der Waals surface area contributed by atoms with Crippen molar-refractivity contribution in [1.29, 1.82) is 0 Å². The van der Waals surface area contributed by atoms with E-state index < -0.39 is 0 Å². The molecule has 0 saturated carbocycles. The highest BCUT2D eigenvalue weighted by Crippen LogP contribution is 2.28. The van der Waals surface area contributed by atoms with Gasteiger partial charge in [0, 0.05) is 11.6 Å². The molecule has 19 heavy (non-hydrogen) atoms. The molecule has 2 aromatic rings. The quantitative estimate of drug-likeness (QED) is 0.673. The summed E-state index contributed by atoms with van der Waals surface area (Å²) < 4.78 is 2.23. The topological polar surface area (TPSA) is 17.8 Å². The Morgan fingerprint density at radius 1 is 1.26 bits per heavy atom. The van der Waals surface area contributed by atoms with Gasteiger partial charge in [0.1, 0.15) is 5.82 Å². The van der Waals surface area contributed by atoms with Crippen molar-refractivity contribution in [2.24, 2.45) is 5.92 Å². The number of halogens is 2. The van der Waals surface area contributed by atoms with Crippen LogP contribution < -0.4 is 0 Å². The smallest absolute Gasteiger partial charge is 0.127 e. The SMILES string of the molecule is CCC(CC)Cn1c(C(C)Cl)nc2ccc(Cl)cc21. The molecule has 0 fully saturated rings. The molecule has 0 aliphatic heterocycles. The fourth-order valence-corrected chi connectivity index (χ4v) is 2.75. The Bertz CT molecular complexity index is 557. The maximum absolute atomic E-state index is 6.27. The number of rotatable bonds is 5. The third-order valence-corrected chi connectivity index (χ3v) is 4.12. The summed E-state index contributed by atoms with van der Waals surface area (Å²) in [7, 11) is 0. The maximum atomic E-state index is 6.27. The van der Waals surface area contributed by atoms with E-state index in [0.717, 1.165) is 41.3 Å². The fraction of sp³-hybridized carbons (Fsp3) is 0.533. The Balaban J connectivity index is 2.53. The van der Waals surface area contributed by atoms with E-state index in [2.05, 4.69) is 23.4 Å². The second-order valence-electron chi connectivity index (χ2n) is 5.01. The number of nitrogens with zero attached hydrogens (tertiary/aromatic N) is 2. The summed E-state index contributed by atoms with van der Waals surface area (Å²) in [5, 5.41) is 0.646. The van der Waals surface area contributed by atoms with Crippen LogP contribution in [-0.4, -0.2) is 9.55 Å². The van der Waals surface area contributed by atoms with E-state index in [1.807, 2.05) is 25.1 Å². The van der Waals surface area contributed by atoms with Crippen molar-refractivity contribution >= 4 is 34.2 Å². The van der Waals surface area contributed by atoms with E-state index in [1.165, 1.54) is 0 Å². The lowest BCUT2D eigenvalue weighted by molar-refractivity contribution is 0.417. The van der Waals surface area contributed by atoms with Crippen LogP contribution in [-0.2, 0) is 6.54 Å². The van der Waals surface area contributed by atoms with E-state index in [1.54, 1.807) is 0 Å². The number of aromatic nitrogens is 2. The van der Waals surface area contributed by atoms with Crippen molar-refractivity contribution in [3.05, 3.63) is 29.0 Å². The van der Waals surface area contributed by atoms with E-state index in [9.17, 15) is 0 Å². The third kappa shape index (κ3) is 3.06. The minimum absolute atomic E-state index is 0.0967. The molecule has 2 rings (SSSR count). The molecule has 0 amide bonds. The van der Waals surface area contributed by atoms with Gasteiger partial charge in [0.15, 0.2) is 0 Å². The van der Waals surface area contributed by atoms with Gasteiger partial charge in [-0.05, 0) is 31.0 Å². The fourth-order valence-electron chi connectivity index (χ4n) is 2.42. The first-order chi connectivity index (χ1) is 9.06. The predicted molar refractivity (Wildman–Crippen MR) is 83.1 cm³/mol. The maximum Gasteiger partial charge on any atom is 0.127 e. The Hall–Kier alpha value is -0.730. The molecular formula is C15H20Cl2N2. The van der Waals surface area contributed by atoms with Crippen molar-refractivity contribution in [2.75, 3.05) is 0 Å². The second-order valence-corrected chi connectivity index (χ2v) is 6.10. The van der Waals surface area contributed by atoms with Gasteiger partial charge in [-0.1, -0.05) is 38.3 Å². The number of alkyl halides is 1. The predicted octanol–water partition coefficient (Wildman–Crippen LogP) is 5.43. The lowest BCUT2D eigenvalue weighted by Gasteiger charge is -2.17. The summed E-state index contributed by atoms with van der Waals surface area (Å²) in [5.41, 5.74) is 2.06. The van der Waals surface area contributed by atoms with Gasteiger partial charge < -0.3 is 4.57 Å². The van der Waals surface area contributed by atoms with Gasteiger partial charge in [0.05, 0.1) is 16.4 Å². The zero-order valence-corrected chi connectivity index (χ0v) is 13.2. The first-order valence-electron chi connectivity index (χ1n) is 6.86. The second kappa shape index (κ2) is 6.15. The first kappa shape index (κ1) is 14.7. The van der Waals surface area contributed by atoms with E-state index in [0.29, 0.717) is 5.92 Å². The van der Waals surface area contributed by atoms with Crippen molar-refractivity contribution < 1.29 is 0 Å². The molecule has 1 aromatic heterocycles. The lowest BCUT2D eigenvalue weighted by atomic mass is 10.0. The number of fused-ring (bicyclic) bond motifs is 1. The molecule has 1 heterocycles. The largest absolute Gasteiger partial charge is 0.326 e. The van der Waals surface area contributed by atoms with E-state index >= 15 is 0 Å². The van der Waals surface area contributed by atoms with Crippen LogP contribution in [0.4, 0.5) is 0 Å². The average Bonchev–Trinajstić information content (AvgIpc) is 2.74. The summed E-state index contributed by atoms with van der Waals surface area (Å²) >= 11 is 12.4. The monoisotopic (exact) mass is 298 g/mol. The number of hydrogen-bond donors (Lipinski definition) is 0. The first-order valence-corrected chi connectivity index (χ1v) is 7.68. The van der Waals surface area contributed by atoms with Crippen LogP contribution >= 0.6 is 23.2 Å². The lowest BCUT2D eigenvalue weighted by Crippen LogP contribution is -2.12. The molecule has 0 N–H and O–H groups in total. The van der Waals surface area contributed by atoms with Gasteiger partial charge in [-0.25, -0.2) is 4.98 Å². The summed E-state index contributed by atoms with van der Waals surface area (Å²) in [6.45, 7) is 7.37. The molecular weight excluding hydrogens is 279 g/mol. The highest BCUT2D eigenvalue weighted by Gasteiger charge is 2.17. The standard InChI is InChI=1S/C15H20Cl2N2/c1-4-11(5-2)9-19-14-8-12(17)6-7-13(14)18-15(19)10(3)16/h6-8,10-11H,4-5,9H2,1-3H3. The van der Waals surface area contributed by atoms with Crippen LogP contribution in [0.25, 0.3) is 11.0 Å². The van der Waals surface area contributed by atoms with Crippen molar-refractivity contribution in [3.63, 3.8) is 0 Å². The Morgan fingerprint density at radius 2 is 1.95 bits per heavy atom. The zero-order chi connectivity index (χ0) is 14.0. The highest BCUT2D eigenvalue weighted by molar-refractivity contribution is 6.31. The van der Waals surface area contributed by atoms with Crippen molar-refractivity contribution in [1.82, 2.24) is 9.55 Å². The van der Waals surface area contributed by atoms with Gasteiger partial charge in [0.25, 0.3) is 0 Å². The van der Waals surface area contributed by atoms with Crippen LogP contribution in [0.2, 0.25) is 5.02 Å². The zero-order valence-electron chi connectivity index (χ0n) is 11.7. The van der Waals surface area contributed by atoms with Gasteiger partial charge in [-0.15, -0.1) is 11.6 Å². The van der Waals surface area contributed by atoms with Gasteiger partial charge >= 0.3 is 0 Å². The van der Waals surface area contributed by atoms with Crippen LogP contribution in [0, 0.1) is 5.92 Å². The van der Waals surface area contributed by atoms with Crippen LogP contribution in [0.1, 0.15) is 44.8 Å². The molecule has 0 saturated heterocycles. The molecule has 4 heteroatoms. The number of hydrogen-bond acceptors (Lipinski definition) is 1. The highest BCUT2D eigenvalue weighted by atomic mass is 35.5. The molecule has 0 spiro atoms.